The number of aromatic nitrogens is 1. The molecule has 1 heterocycles. The van der Waals surface area contributed by atoms with Gasteiger partial charge in [0.1, 0.15) is 5.82 Å². The van der Waals surface area contributed by atoms with Gasteiger partial charge < -0.3 is 5.32 Å². The highest BCUT2D eigenvalue weighted by Crippen LogP contribution is 2.16. The van der Waals surface area contributed by atoms with Crippen LogP contribution in [-0.2, 0) is 0 Å². The summed E-state index contributed by atoms with van der Waals surface area (Å²) in [5.41, 5.74) is 0.691. The molecule has 18 heavy (non-hydrogen) atoms. The summed E-state index contributed by atoms with van der Waals surface area (Å²) in [6, 6.07) is 10.2. The molecule has 0 saturated carbocycles. The number of nitrogens with one attached hydrogen (secondary N) is 2. The third kappa shape index (κ3) is 3.72. The first kappa shape index (κ1) is 12.9. The van der Waals surface area contributed by atoms with Crippen molar-refractivity contribution < 1.29 is 4.79 Å². The van der Waals surface area contributed by atoms with Crippen LogP contribution in [0.15, 0.2) is 47.1 Å². The number of hydrogen-bond acceptors (Lipinski definition) is 2. The van der Waals surface area contributed by atoms with E-state index in [4.69, 9.17) is 11.6 Å². The molecule has 2 amide bonds. The Bertz CT molecular complexity index is 560. The average Bonchev–Trinajstić information content (AvgIpc) is 2.32. The average molecular weight is 327 g/mol. The van der Waals surface area contributed by atoms with Crippen molar-refractivity contribution in [3.05, 3.63) is 52.1 Å². The largest absolute Gasteiger partial charge is 0.324 e. The Morgan fingerprint density at radius 2 is 2.06 bits per heavy atom. The number of amides is 2. The van der Waals surface area contributed by atoms with Gasteiger partial charge in [0, 0.05) is 16.4 Å². The molecule has 2 rings (SSSR count). The van der Waals surface area contributed by atoms with E-state index in [9.17, 15) is 4.79 Å². The van der Waals surface area contributed by atoms with Crippen molar-refractivity contribution in [2.45, 2.75) is 0 Å². The molecule has 1 aromatic carbocycles. The van der Waals surface area contributed by atoms with Crippen molar-refractivity contribution in [1.82, 2.24) is 4.98 Å². The Balaban J connectivity index is 1.98. The standard InChI is InChI=1S/C12H9BrClN3O/c13-8-2-1-3-10(6-8)16-12(18)17-11-5-4-9(14)7-15-11/h1-7H,(H2,15,16,17,18). The Labute approximate surface area is 118 Å². The number of nitrogens with zero attached hydrogens (tertiary/aromatic N) is 1. The highest BCUT2D eigenvalue weighted by Gasteiger charge is 2.03. The van der Waals surface area contributed by atoms with Crippen LogP contribution in [0.25, 0.3) is 0 Å². The van der Waals surface area contributed by atoms with Crippen LogP contribution in [-0.4, -0.2) is 11.0 Å². The van der Waals surface area contributed by atoms with Crippen LogP contribution < -0.4 is 10.6 Å². The lowest BCUT2D eigenvalue weighted by Crippen LogP contribution is -2.19. The van der Waals surface area contributed by atoms with E-state index in [1.54, 1.807) is 24.3 Å². The van der Waals surface area contributed by atoms with Crippen molar-refractivity contribution in [2.24, 2.45) is 0 Å². The maximum absolute atomic E-state index is 11.7. The van der Waals surface area contributed by atoms with Crippen molar-refractivity contribution in [3.63, 3.8) is 0 Å². The Morgan fingerprint density at radius 3 is 2.72 bits per heavy atom. The quantitative estimate of drug-likeness (QED) is 0.871. The second-order valence-electron chi connectivity index (χ2n) is 3.45. The summed E-state index contributed by atoms with van der Waals surface area (Å²) in [4.78, 5) is 15.6. The molecule has 0 saturated heterocycles. The lowest BCUT2D eigenvalue weighted by atomic mass is 10.3. The Morgan fingerprint density at radius 1 is 1.22 bits per heavy atom. The van der Waals surface area contributed by atoms with Crippen LogP contribution in [0.1, 0.15) is 0 Å². The molecule has 0 spiro atoms. The first-order chi connectivity index (χ1) is 8.63. The van der Waals surface area contributed by atoms with Crippen LogP contribution in [0.4, 0.5) is 16.3 Å². The number of carbonyl (C=O) groups excluding carboxylic acids is 1. The number of hydrogen-bond donors (Lipinski definition) is 2. The molecule has 0 aliphatic heterocycles. The summed E-state index contributed by atoms with van der Waals surface area (Å²) in [6.45, 7) is 0. The van der Waals surface area contributed by atoms with Gasteiger partial charge >= 0.3 is 6.03 Å². The number of rotatable bonds is 2. The molecule has 2 N–H and O–H groups in total. The van der Waals surface area contributed by atoms with Gasteiger partial charge in [0.05, 0.1) is 5.02 Å². The minimum atomic E-state index is -0.358. The van der Waals surface area contributed by atoms with E-state index in [0.29, 0.717) is 16.5 Å². The zero-order chi connectivity index (χ0) is 13.0. The van der Waals surface area contributed by atoms with Gasteiger partial charge in [-0.2, -0.15) is 0 Å². The number of urea groups is 1. The molecule has 4 nitrogen and oxygen atoms in total. The number of anilines is 2. The van der Waals surface area contributed by atoms with Crippen LogP contribution in [0.3, 0.4) is 0 Å². The van der Waals surface area contributed by atoms with E-state index >= 15 is 0 Å². The fourth-order valence-corrected chi connectivity index (χ4v) is 1.81. The van der Waals surface area contributed by atoms with Gasteiger partial charge in [-0.15, -0.1) is 0 Å². The maximum Gasteiger partial charge on any atom is 0.324 e. The van der Waals surface area contributed by atoms with Gasteiger partial charge in [0.15, 0.2) is 0 Å². The van der Waals surface area contributed by atoms with Crippen molar-refractivity contribution in [1.29, 1.82) is 0 Å². The molecule has 0 bridgehead atoms. The molecule has 1 aromatic heterocycles. The predicted octanol–water partition coefficient (Wildman–Crippen LogP) is 4.14. The number of carbonyl (C=O) groups is 1. The van der Waals surface area contributed by atoms with Crippen LogP contribution in [0.5, 0.6) is 0 Å². The second-order valence-corrected chi connectivity index (χ2v) is 4.80. The number of halogens is 2. The zero-order valence-electron chi connectivity index (χ0n) is 9.15. The van der Waals surface area contributed by atoms with E-state index < -0.39 is 0 Å². The normalized spacial score (nSPS) is 9.89. The van der Waals surface area contributed by atoms with E-state index in [1.807, 2.05) is 12.1 Å². The zero-order valence-corrected chi connectivity index (χ0v) is 11.5. The minimum Gasteiger partial charge on any atom is -0.308 e. The van der Waals surface area contributed by atoms with Crippen molar-refractivity contribution in [2.75, 3.05) is 10.6 Å². The second kappa shape index (κ2) is 5.84. The molecule has 0 aliphatic carbocycles. The topological polar surface area (TPSA) is 54.0 Å². The predicted molar refractivity (Wildman–Crippen MR) is 76.0 cm³/mol. The minimum absolute atomic E-state index is 0.358. The van der Waals surface area contributed by atoms with Gasteiger partial charge in [-0.1, -0.05) is 33.6 Å². The SMILES string of the molecule is O=C(Nc1cccc(Br)c1)Nc1ccc(Cl)cn1. The smallest absolute Gasteiger partial charge is 0.308 e. The van der Waals surface area contributed by atoms with Crippen LogP contribution in [0.2, 0.25) is 5.02 Å². The lowest BCUT2D eigenvalue weighted by Gasteiger charge is -2.07. The van der Waals surface area contributed by atoms with E-state index in [0.717, 1.165) is 4.47 Å². The maximum atomic E-state index is 11.7. The van der Waals surface area contributed by atoms with Gasteiger partial charge in [-0.05, 0) is 30.3 Å². The lowest BCUT2D eigenvalue weighted by molar-refractivity contribution is 0.262. The van der Waals surface area contributed by atoms with Crippen LogP contribution in [0, 0.1) is 0 Å². The van der Waals surface area contributed by atoms with Crippen molar-refractivity contribution in [3.8, 4) is 0 Å². The summed E-state index contributed by atoms with van der Waals surface area (Å²) < 4.78 is 0.893. The van der Waals surface area contributed by atoms with Gasteiger partial charge in [-0.3, -0.25) is 5.32 Å². The van der Waals surface area contributed by atoms with Gasteiger partial charge in [0.25, 0.3) is 0 Å². The molecule has 0 radical (unpaired) electrons. The van der Waals surface area contributed by atoms with E-state index in [1.165, 1.54) is 6.20 Å². The molecular formula is C12H9BrClN3O. The molecule has 0 aliphatic rings. The number of pyridine rings is 1. The highest BCUT2D eigenvalue weighted by atomic mass is 79.9. The molecular weight excluding hydrogens is 318 g/mol. The molecule has 0 unspecified atom stereocenters. The molecule has 0 fully saturated rings. The van der Waals surface area contributed by atoms with E-state index in [2.05, 4.69) is 31.5 Å². The summed E-state index contributed by atoms with van der Waals surface area (Å²) in [6.07, 6.45) is 1.47. The van der Waals surface area contributed by atoms with Gasteiger partial charge in [0.2, 0.25) is 0 Å². The Hall–Kier alpha value is -1.59. The third-order valence-corrected chi connectivity index (χ3v) is 2.77. The first-order valence-electron chi connectivity index (χ1n) is 5.08. The fraction of sp³-hybridized carbons (Fsp3) is 0. The number of benzene rings is 1. The summed E-state index contributed by atoms with van der Waals surface area (Å²) in [5, 5.41) is 5.82. The highest BCUT2D eigenvalue weighted by molar-refractivity contribution is 9.10. The fourth-order valence-electron chi connectivity index (χ4n) is 1.29. The van der Waals surface area contributed by atoms with E-state index in [-0.39, 0.29) is 6.03 Å². The first-order valence-corrected chi connectivity index (χ1v) is 6.26. The Kier molecular flexibility index (Phi) is 4.17. The monoisotopic (exact) mass is 325 g/mol. The van der Waals surface area contributed by atoms with Crippen LogP contribution >= 0.6 is 27.5 Å². The molecule has 2 aromatic rings. The molecule has 0 atom stereocenters. The third-order valence-electron chi connectivity index (χ3n) is 2.05. The molecule has 6 heteroatoms. The van der Waals surface area contributed by atoms with Crippen molar-refractivity contribution >= 4 is 45.1 Å². The summed E-state index contributed by atoms with van der Waals surface area (Å²) in [5.74, 6) is 0.437. The van der Waals surface area contributed by atoms with Gasteiger partial charge in [-0.25, -0.2) is 9.78 Å². The summed E-state index contributed by atoms with van der Waals surface area (Å²) in [7, 11) is 0. The summed E-state index contributed by atoms with van der Waals surface area (Å²) >= 11 is 9.03. The molecule has 92 valence electrons.